The van der Waals surface area contributed by atoms with Gasteiger partial charge in [-0.2, -0.15) is 0 Å². The van der Waals surface area contributed by atoms with Crippen molar-refractivity contribution in [3.05, 3.63) is 24.7 Å². The molecule has 0 spiro atoms. The predicted octanol–water partition coefficient (Wildman–Crippen LogP) is 3.99. The first-order valence-electron chi connectivity index (χ1n) is 5.91. The van der Waals surface area contributed by atoms with Gasteiger partial charge >= 0.3 is 12.3 Å². The molecule has 0 amide bonds. The predicted molar refractivity (Wildman–Crippen MR) is 68.7 cm³/mol. The minimum absolute atomic E-state index is 0.124. The SMILES string of the molecule is C=C(CC(CC)(CC)CC(=C)OC(=O)O)OC(=O)O. The van der Waals surface area contributed by atoms with Crippen molar-refractivity contribution in [1.29, 1.82) is 0 Å². The Balaban J connectivity index is 4.74. The Morgan fingerprint density at radius 2 is 1.26 bits per heavy atom. The molecule has 6 nitrogen and oxygen atoms in total. The Labute approximate surface area is 112 Å². The molecule has 19 heavy (non-hydrogen) atoms. The highest BCUT2D eigenvalue weighted by Gasteiger charge is 2.30. The fraction of sp³-hybridized carbons (Fsp3) is 0.538. The maximum absolute atomic E-state index is 10.4. The average Bonchev–Trinajstić information content (AvgIpc) is 2.25. The molecule has 0 heterocycles. The van der Waals surface area contributed by atoms with Crippen LogP contribution in [0, 0.1) is 5.41 Å². The van der Waals surface area contributed by atoms with Crippen LogP contribution in [0.4, 0.5) is 9.59 Å². The van der Waals surface area contributed by atoms with Crippen molar-refractivity contribution in [2.24, 2.45) is 5.41 Å². The monoisotopic (exact) mass is 272 g/mol. The fourth-order valence-electron chi connectivity index (χ4n) is 1.97. The van der Waals surface area contributed by atoms with Gasteiger partial charge in [0.15, 0.2) is 0 Å². The summed E-state index contributed by atoms with van der Waals surface area (Å²) in [6.45, 7) is 11.0. The summed E-state index contributed by atoms with van der Waals surface area (Å²) in [5.41, 5.74) is -0.376. The summed E-state index contributed by atoms with van der Waals surface area (Å²) < 4.78 is 9.01. The molecule has 0 aliphatic rings. The normalized spacial score (nSPS) is 10.6. The fourth-order valence-corrected chi connectivity index (χ4v) is 1.97. The molecule has 2 N–H and O–H groups in total. The highest BCUT2D eigenvalue weighted by molar-refractivity contribution is 5.58. The molecule has 0 aromatic carbocycles. The number of carboxylic acid groups (broad SMARTS) is 2. The average molecular weight is 272 g/mol. The van der Waals surface area contributed by atoms with E-state index >= 15 is 0 Å². The van der Waals surface area contributed by atoms with Crippen LogP contribution in [0.5, 0.6) is 0 Å². The van der Waals surface area contributed by atoms with Gasteiger partial charge in [-0.15, -0.1) is 0 Å². The molecule has 0 aromatic heterocycles. The maximum atomic E-state index is 10.4. The number of ether oxygens (including phenoxy) is 2. The van der Waals surface area contributed by atoms with E-state index in [1.807, 2.05) is 13.8 Å². The molecular weight excluding hydrogens is 252 g/mol. The van der Waals surface area contributed by atoms with Crippen LogP contribution in [0.25, 0.3) is 0 Å². The first kappa shape index (κ1) is 17.0. The first-order chi connectivity index (χ1) is 8.74. The molecule has 0 aliphatic heterocycles. The summed E-state index contributed by atoms with van der Waals surface area (Å²) in [7, 11) is 0. The van der Waals surface area contributed by atoms with E-state index in [0.29, 0.717) is 25.7 Å². The number of carbonyl (C=O) groups is 2. The van der Waals surface area contributed by atoms with Crippen molar-refractivity contribution in [3.8, 4) is 0 Å². The lowest BCUT2D eigenvalue weighted by Crippen LogP contribution is -2.22. The van der Waals surface area contributed by atoms with E-state index in [0.717, 1.165) is 0 Å². The third-order valence-corrected chi connectivity index (χ3v) is 3.11. The van der Waals surface area contributed by atoms with Crippen molar-refractivity contribution < 1.29 is 29.3 Å². The van der Waals surface area contributed by atoms with Gasteiger partial charge in [-0.1, -0.05) is 27.0 Å². The van der Waals surface area contributed by atoms with Crippen LogP contribution in [0.3, 0.4) is 0 Å². The minimum atomic E-state index is -1.41. The summed E-state index contributed by atoms with van der Waals surface area (Å²) in [4.78, 5) is 20.9. The Hall–Kier alpha value is -1.98. The highest BCUT2D eigenvalue weighted by Crippen LogP contribution is 2.39. The standard InChI is InChI=1S/C13H20O6/c1-5-13(6-2,7-9(3)18-11(14)15)8-10(4)19-12(16)17/h3-8H2,1-2H3,(H,14,15)(H,16,17). The molecule has 0 radical (unpaired) electrons. The van der Waals surface area contributed by atoms with E-state index in [1.54, 1.807) is 0 Å². The van der Waals surface area contributed by atoms with Crippen LogP contribution in [0.15, 0.2) is 24.7 Å². The molecule has 0 atom stereocenters. The maximum Gasteiger partial charge on any atom is 0.510 e. The zero-order chi connectivity index (χ0) is 15.1. The second-order valence-corrected chi connectivity index (χ2v) is 4.37. The Bertz CT molecular complexity index is 335. The van der Waals surface area contributed by atoms with Crippen molar-refractivity contribution >= 4 is 12.3 Å². The third kappa shape index (κ3) is 6.49. The van der Waals surface area contributed by atoms with Crippen LogP contribution in [0.1, 0.15) is 39.5 Å². The third-order valence-electron chi connectivity index (χ3n) is 3.11. The summed E-state index contributed by atoms with van der Waals surface area (Å²) in [6, 6.07) is 0. The molecule has 108 valence electrons. The van der Waals surface area contributed by atoms with Crippen molar-refractivity contribution in [1.82, 2.24) is 0 Å². The van der Waals surface area contributed by atoms with Gasteiger partial charge in [0.25, 0.3) is 0 Å². The minimum Gasteiger partial charge on any atom is -0.449 e. The zero-order valence-corrected chi connectivity index (χ0v) is 11.3. The molecule has 0 saturated carbocycles. The topological polar surface area (TPSA) is 93.1 Å². The number of rotatable bonds is 8. The number of hydrogen-bond acceptors (Lipinski definition) is 4. The van der Waals surface area contributed by atoms with Gasteiger partial charge in [-0.05, 0) is 18.3 Å². The smallest absolute Gasteiger partial charge is 0.449 e. The zero-order valence-electron chi connectivity index (χ0n) is 11.3. The van der Waals surface area contributed by atoms with E-state index in [4.69, 9.17) is 10.2 Å². The van der Waals surface area contributed by atoms with Crippen LogP contribution in [0.2, 0.25) is 0 Å². The second-order valence-electron chi connectivity index (χ2n) is 4.37. The lowest BCUT2D eigenvalue weighted by Gasteiger charge is -2.32. The molecule has 0 unspecified atom stereocenters. The Kier molecular flexibility index (Phi) is 6.68. The van der Waals surface area contributed by atoms with Gasteiger partial charge < -0.3 is 19.7 Å². The summed E-state index contributed by atoms with van der Waals surface area (Å²) in [5, 5.41) is 17.0. The summed E-state index contributed by atoms with van der Waals surface area (Å²) >= 11 is 0. The van der Waals surface area contributed by atoms with Crippen molar-refractivity contribution in [2.75, 3.05) is 0 Å². The van der Waals surface area contributed by atoms with E-state index in [1.165, 1.54) is 0 Å². The molecule has 0 bridgehead atoms. The number of allylic oxidation sites excluding steroid dienone is 2. The second kappa shape index (κ2) is 7.45. The summed E-state index contributed by atoms with van der Waals surface area (Å²) in [5.74, 6) is 0.249. The van der Waals surface area contributed by atoms with E-state index in [9.17, 15) is 9.59 Å². The van der Waals surface area contributed by atoms with Crippen LogP contribution >= 0.6 is 0 Å². The molecular formula is C13H20O6. The van der Waals surface area contributed by atoms with E-state index in [2.05, 4.69) is 22.6 Å². The van der Waals surface area contributed by atoms with Crippen LogP contribution in [-0.4, -0.2) is 22.5 Å². The molecule has 0 rings (SSSR count). The van der Waals surface area contributed by atoms with Gasteiger partial charge in [-0.3, -0.25) is 0 Å². The highest BCUT2D eigenvalue weighted by atomic mass is 16.7. The molecule has 0 aromatic rings. The van der Waals surface area contributed by atoms with Gasteiger partial charge in [0.2, 0.25) is 0 Å². The van der Waals surface area contributed by atoms with E-state index < -0.39 is 12.3 Å². The Morgan fingerprint density at radius 1 is 0.947 bits per heavy atom. The number of hydrogen-bond donors (Lipinski definition) is 2. The van der Waals surface area contributed by atoms with Gasteiger partial charge in [0, 0.05) is 12.8 Å². The van der Waals surface area contributed by atoms with Crippen LogP contribution < -0.4 is 0 Å². The molecule has 0 aliphatic carbocycles. The lowest BCUT2D eigenvalue weighted by molar-refractivity contribution is 0.0950. The molecule has 0 fully saturated rings. The molecule has 0 saturated heterocycles. The quantitative estimate of drug-likeness (QED) is 0.512. The van der Waals surface area contributed by atoms with Crippen molar-refractivity contribution in [3.63, 3.8) is 0 Å². The van der Waals surface area contributed by atoms with Gasteiger partial charge in [0.1, 0.15) is 11.5 Å². The van der Waals surface area contributed by atoms with Gasteiger partial charge in [0.05, 0.1) is 0 Å². The summed E-state index contributed by atoms with van der Waals surface area (Å²) in [6.07, 6.45) is -0.845. The Morgan fingerprint density at radius 3 is 1.47 bits per heavy atom. The lowest BCUT2D eigenvalue weighted by atomic mass is 9.75. The first-order valence-corrected chi connectivity index (χ1v) is 5.91. The van der Waals surface area contributed by atoms with Gasteiger partial charge in [-0.25, -0.2) is 9.59 Å². The largest absolute Gasteiger partial charge is 0.510 e. The molecule has 6 heteroatoms. The van der Waals surface area contributed by atoms with Crippen molar-refractivity contribution in [2.45, 2.75) is 39.5 Å². The van der Waals surface area contributed by atoms with Crippen LogP contribution in [-0.2, 0) is 9.47 Å². The van der Waals surface area contributed by atoms with E-state index in [-0.39, 0.29) is 16.9 Å².